The van der Waals surface area contributed by atoms with Gasteiger partial charge in [-0.25, -0.2) is 0 Å². The van der Waals surface area contributed by atoms with Crippen molar-refractivity contribution in [3.8, 4) is 0 Å². The molecule has 3 heteroatoms. The van der Waals surface area contributed by atoms with Crippen LogP contribution in [0.4, 0.5) is 0 Å². The Morgan fingerprint density at radius 2 is 2.13 bits per heavy atom. The summed E-state index contributed by atoms with van der Waals surface area (Å²) in [7, 11) is 0. The van der Waals surface area contributed by atoms with Crippen molar-refractivity contribution in [1.82, 2.24) is 0 Å². The monoisotopic (exact) mass is 332 g/mol. The second kappa shape index (κ2) is 5.80. The van der Waals surface area contributed by atoms with Gasteiger partial charge in [-0.1, -0.05) is 57.0 Å². The van der Waals surface area contributed by atoms with Crippen molar-refractivity contribution in [3.63, 3.8) is 0 Å². The molecule has 0 bridgehead atoms. The molecule has 0 amide bonds. The highest BCUT2D eigenvalue weighted by Crippen LogP contribution is 2.21. The average Bonchev–Trinajstić information content (AvgIpc) is 2.26. The van der Waals surface area contributed by atoms with Crippen LogP contribution in [-0.2, 0) is 11.8 Å². The summed E-state index contributed by atoms with van der Waals surface area (Å²) in [6, 6.07) is 5.91. The fourth-order valence-electron chi connectivity index (χ4n) is 1.62. The second-order valence-corrected chi connectivity index (χ2v) is 5.34. The van der Waals surface area contributed by atoms with Gasteiger partial charge >= 0.3 is 0 Å². The summed E-state index contributed by atoms with van der Waals surface area (Å²) >= 11 is 6.77. The normalized spacial score (nSPS) is 12.5. The first-order valence-electron chi connectivity index (χ1n) is 4.96. The predicted octanol–water partition coefficient (Wildman–Crippen LogP) is 4.11. The smallest absolute Gasteiger partial charge is 0.176 e. The van der Waals surface area contributed by atoms with E-state index in [-0.39, 0.29) is 10.6 Å². The lowest BCUT2D eigenvalue weighted by Gasteiger charge is -2.12. The van der Waals surface area contributed by atoms with E-state index in [1.165, 1.54) is 5.56 Å². The second-order valence-electron chi connectivity index (χ2n) is 3.41. The van der Waals surface area contributed by atoms with Crippen LogP contribution >= 0.6 is 31.9 Å². The fraction of sp³-hybridized carbons (Fsp3) is 0.417. The van der Waals surface area contributed by atoms with Gasteiger partial charge in [0.25, 0.3) is 0 Å². The molecule has 15 heavy (non-hydrogen) atoms. The van der Waals surface area contributed by atoms with Gasteiger partial charge in [-0.15, -0.1) is 0 Å². The van der Waals surface area contributed by atoms with Gasteiger partial charge in [0.1, 0.15) is 0 Å². The van der Waals surface area contributed by atoms with Crippen LogP contribution in [-0.4, -0.2) is 10.6 Å². The van der Waals surface area contributed by atoms with Crippen LogP contribution < -0.4 is 0 Å². The van der Waals surface area contributed by atoms with E-state index in [4.69, 9.17) is 0 Å². The third kappa shape index (κ3) is 2.91. The summed E-state index contributed by atoms with van der Waals surface area (Å²) in [4.78, 5) is 11.8. The first-order valence-corrected chi connectivity index (χ1v) is 7.00. The Morgan fingerprint density at radius 1 is 1.47 bits per heavy atom. The summed E-state index contributed by atoms with van der Waals surface area (Å²) in [5, 5.41) is 0.800. The highest BCUT2D eigenvalue weighted by atomic mass is 79.9. The van der Waals surface area contributed by atoms with Crippen molar-refractivity contribution in [2.75, 3.05) is 0 Å². The van der Waals surface area contributed by atoms with Gasteiger partial charge in [0, 0.05) is 10.9 Å². The number of carbonyl (C=O) groups excluding carboxylic acids is 1. The van der Waals surface area contributed by atoms with Gasteiger partial charge in [-0.05, 0) is 24.5 Å². The van der Waals surface area contributed by atoms with Crippen molar-refractivity contribution in [3.05, 3.63) is 34.9 Å². The zero-order chi connectivity index (χ0) is 11.4. The van der Waals surface area contributed by atoms with E-state index in [0.29, 0.717) is 0 Å². The molecule has 0 aliphatic rings. The summed E-state index contributed by atoms with van der Waals surface area (Å²) in [6.45, 7) is 3.94. The number of carbonyl (C=O) groups is 1. The molecule has 0 N–H and O–H groups in total. The minimum Gasteiger partial charge on any atom is -0.293 e. The number of alkyl halides is 2. The Hall–Kier alpha value is -0.150. The van der Waals surface area contributed by atoms with E-state index >= 15 is 0 Å². The fourth-order valence-corrected chi connectivity index (χ4v) is 2.39. The molecule has 0 aromatic heterocycles. The minimum atomic E-state index is -0.117. The lowest BCUT2D eigenvalue weighted by atomic mass is 9.96. The quantitative estimate of drug-likeness (QED) is 0.598. The van der Waals surface area contributed by atoms with Crippen LogP contribution in [0.5, 0.6) is 0 Å². The van der Waals surface area contributed by atoms with Crippen molar-refractivity contribution in [2.24, 2.45) is 0 Å². The van der Waals surface area contributed by atoms with Crippen LogP contribution in [0.2, 0.25) is 0 Å². The topological polar surface area (TPSA) is 17.1 Å². The molecule has 1 rings (SSSR count). The van der Waals surface area contributed by atoms with E-state index in [1.54, 1.807) is 0 Å². The lowest BCUT2D eigenvalue weighted by Crippen LogP contribution is -2.13. The van der Waals surface area contributed by atoms with E-state index in [0.717, 1.165) is 22.9 Å². The molecule has 0 aliphatic heterocycles. The van der Waals surface area contributed by atoms with Gasteiger partial charge in [0.2, 0.25) is 0 Å². The molecule has 1 nitrogen and oxygen atoms in total. The molecule has 0 saturated heterocycles. The van der Waals surface area contributed by atoms with E-state index < -0.39 is 0 Å². The Bertz CT molecular complexity index is 359. The molecule has 1 atom stereocenters. The van der Waals surface area contributed by atoms with Gasteiger partial charge in [-0.2, -0.15) is 0 Å². The summed E-state index contributed by atoms with van der Waals surface area (Å²) in [5.74, 6) is 0.162. The van der Waals surface area contributed by atoms with Crippen molar-refractivity contribution < 1.29 is 4.79 Å². The molecule has 1 unspecified atom stereocenters. The third-order valence-electron chi connectivity index (χ3n) is 2.40. The average molecular weight is 334 g/mol. The summed E-state index contributed by atoms with van der Waals surface area (Å²) < 4.78 is 0. The number of benzene rings is 1. The number of rotatable bonds is 4. The Morgan fingerprint density at radius 3 is 2.60 bits per heavy atom. The molecule has 0 heterocycles. The summed E-state index contributed by atoms with van der Waals surface area (Å²) in [6.07, 6.45) is 0.891. The number of hydrogen-bond donors (Lipinski definition) is 0. The number of Topliss-reactive ketones (excluding diaryl/α,β-unsaturated/α-hetero) is 1. The van der Waals surface area contributed by atoms with E-state index in [9.17, 15) is 4.79 Å². The van der Waals surface area contributed by atoms with Gasteiger partial charge in [-0.3, -0.25) is 4.79 Å². The minimum absolute atomic E-state index is 0.117. The summed E-state index contributed by atoms with van der Waals surface area (Å²) in [5.41, 5.74) is 3.21. The van der Waals surface area contributed by atoms with Gasteiger partial charge in [0.15, 0.2) is 5.78 Å². The zero-order valence-electron chi connectivity index (χ0n) is 8.89. The maximum atomic E-state index is 11.9. The van der Waals surface area contributed by atoms with Crippen LogP contribution in [0.15, 0.2) is 18.2 Å². The SMILES string of the molecule is CCc1c(CBr)cccc1C(=O)C(C)Br. The van der Waals surface area contributed by atoms with Crippen molar-refractivity contribution in [1.29, 1.82) is 0 Å². The largest absolute Gasteiger partial charge is 0.293 e. The van der Waals surface area contributed by atoms with Crippen molar-refractivity contribution >= 4 is 37.6 Å². The lowest BCUT2D eigenvalue weighted by molar-refractivity contribution is 0.0995. The Labute approximate surface area is 108 Å². The molecule has 0 saturated carbocycles. The molecular weight excluding hydrogens is 320 g/mol. The third-order valence-corrected chi connectivity index (χ3v) is 3.42. The van der Waals surface area contributed by atoms with Crippen LogP contribution in [0.1, 0.15) is 35.3 Å². The zero-order valence-corrected chi connectivity index (χ0v) is 12.1. The number of halogens is 2. The molecule has 0 fully saturated rings. The first kappa shape index (κ1) is 12.9. The first-order chi connectivity index (χ1) is 7.11. The number of ketones is 1. The van der Waals surface area contributed by atoms with Gasteiger partial charge < -0.3 is 0 Å². The molecular formula is C12H14Br2O. The predicted molar refractivity (Wildman–Crippen MR) is 71.2 cm³/mol. The highest BCUT2D eigenvalue weighted by molar-refractivity contribution is 9.10. The van der Waals surface area contributed by atoms with Crippen LogP contribution in [0.3, 0.4) is 0 Å². The maximum Gasteiger partial charge on any atom is 0.176 e. The molecule has 0 spiro atoms. The molecule has 0 radical (unpaired) electrons. The maximum absolute atomic E-state index is 11.9. The number of hydrogen-bond acceptors (Lipinski definition) is 1. The van der Waals surface area contributed by atoms with Gasteiger partial charge in [0.05, 0.1) is 4.83 Å². The molecule has 1 aromatic rings. The highest BCUT2D eigenvalue weighted by Gasteiger charge is 2.16. The Balaban J connectivity index is 3.23. The standard InChI is InChI=1S/C12H14Br2O/c1-3-10-9(7-13)5-4-6-11(10)12(15)8(2)14/h4-6,8H,3,7H2,1-2H3. The van der Waals surface area contributed by atoms with E-state index in [2.05, 4.69) is 44.8 Å². The van der Waals surface area contributed by atoms with E-state index in [1.807, 2.05) is 19.1 Å². The van der Waals surface area contributed by atoms with Crippen LogP contribution in [0, 0.1) is 0 Å². The Kier molecular flexibility index (Phi) is 5.00. The molecule has 1 aromatic carbocycles. The molecule has 0 aliphatic carbocycles. The van der Waals surface area contributed by atoms with Crippen LogP contribution in [0.25, 0.3) is 0 Å². The molecule has 82 valence electrons. The van der Waals surface area contributed by atoms with Crippen molar-refractivity contribution in [2.45, 2.75) is 30.4 Å².